The second kappa shape index (κ2) is 6.16. The zero-order valence-electron chi connectivity index (χ0n) is 10.6. The summed E-state index contributed by atoms with van der Waals surface area (Å²) in [7, 11) is 0. The minimum absolute atomic E-state index is 0.181. The Morgan fingerprint density at radius 3 is 2.74 bits per heavy atom. The number of aryl methyl sites for hydroxylation is 1. The van der Waals surface area contributed by atoms with E-state index in [2.05, 4.69) is 15.8 Å². The maximum Gasteiger partial charge on any atom is 0.221 e. The maximum atomic E-state index is 11.0. The summed E-state index contributed by atoms with van der Waals surface area (Å²) in [6.45, 7) is 3.25. The molecule has 0 bridgehead atoms. The van der Waals surface area contributed by atoms with Gasteiger partial charge in [0.15, 0.2) is 5.84 Å². The summed E-state index contributed by atoms with van der Waals surface area (Å²) in [5.41, 5.74) is 9.72. The van der Waals surface area contributed by atoms with Crippen molar-refractivity contribution in [3.8, 4) is 6.07 Å². The number of amides is 1. The number of anilines is 2. The summed E-state index contributed by atoms with van der Waals surface area (Å²) in [6, 6.07) is 6.93. The highest BCUT2D eigenvalue weighted by atomic mass is 16.1. The Bertz CT molecular complexity index is 584. The van der Waals surface area contributed by atoms with Crippen LogP contribution >= 0.6 is 0 Å². The molecule has 1 aromatic carbocycles. The molecule has 0 aromatic heterocycles. The molecule has 1 amide bonds. The molecule has 0 unspecified atom stereocenters. The van der Waals surface area contributed by atoms with E-state index >= 15 is 0 Å². The lowest BCUT2D eigenvalue weighted by Crippen LogP contribution is -2.22. The first-order valence-electron chi connectivity index (χ1n) is 5.40. The first kappa shape index (κ1) is 14.2. The van der Waals surface area contributed by atoms with E-state index in [0.29, 0.717) is 11.4 Å². The third-order valence-corrected chi connectivity index (χ3v) is 2.21. The summed E-state index contributed by atoms with van der Waals surface area (Å²) in [6.07, 6.45) is 0. The van der Waals surface area contributed by atoms with Gasteiger partial charge in [0.25, 0.3) is 0 Å². The minimum atomic E-state index is -0.411. The lowest BCUT2D eigenvalue weighted by molar-refractivity contribution is -0.114. The predicted octanol–water partition coefficient (Wildman–Crippen LogP) is 1.18. The fourth-order valence-electron chi connectivity index (χ4n) is 1.29. The van der Waals surface area contributed by atoms with Crippen LogP contribution in [0.15, 0.2) is 23.3 Å². The van der Waals surface area contributed by atoms with E-state index in [-0.39, 0.29) is 11.6 Å². The molecule has 0 saturated heterocycles. The second-order valence-corrected chi connectivity index (χ2v) is 3.81. The number of nitrogens with zero attached hydrogens (tertiary/aromatic N) is 2. The van der Waals surface area contributed by atoms with Crippen molar-refractivity contribution in [2.24, 2.45) is 10.8 Å². The molecule has 7 nitrogen and oxygen atoms in total. The molecule has 0 heterocycles. The lowest BCUT2D eigenvalue weighted by Gasteiger charge is -2.08. The quantitative estimate of drug-likeness (QED) is 0.367. The topological polar surface area (TPSA) is 127 Å². The van der Waals surface area contributed by atoms with Crippen LogP contribution in [0.4, 0.5) is 11.4 Å². The van der Waals surface area contributed by atoms with Crippen molar-refractivity contribution in [2.45, 2.75) is 13.8 Å². The molecule has 19 heavy (non-hydrogen) atoms. The highest BCUT2D eigenvalue weighted by Crippen LogP contribution is 2.20. The highest BCUT2D eigenvalue weighted by molar-refractivity contribution is 6.45. The number of amidine groups is 1. The number of hydrogen-bond acceptors (Lipinski definition) is 5. The Morgan fingerprint density at radius 2 is 2.21 bits per heavy atom. The molecule has 0 atom stereocenters. The van der Waals surface area contributed by atoms with E-state index in [9.17, 15) is 4.79 Å². The third kappa shape index (κ3) is 4.12. The van der Waals surface area contributed by atoms with Crippen LogP contribution in [0.1, 0.15) is 12.5 Å². The van der Waals surface area contributed by atoms with E-state index in [4.69, 9.17) is 16.4 Å². The Kier molecular flexibility index (Phi) is 4.60. The van der Waals surface area contributed by atoms with Gasteiger partial charge < -0.3 is 11.1 Å². The summed E-state index contributed by atoms with van der Waals surface area (Å²) >= 11 is 0. The van der Waals surface area contributed by atoms with Crippen molar-refractivity contribution in [3.05, 3.63) is 23.8 Å². The SMILES string of the molecule is CC(=O)Nc1ccc(C)c(N/N=C(\C#N)C(=N)N)c1. The van der Waals surface area contributed by atoms with E-state index in [1.165, 1.54) is 6.92 Å². The Hall–Kier alpha value is -2.88. The van der Waals surface area contributed by atoms with Crippen molar-refractivity contribution < 1.29 is 4.79 Å². The number of nitrogens with two attached hydrogens (primary N) is 1. The van der Waals surface area contributed by atoms with Gasteiger partial charge in [-0.25, -0.2) is 0 Å². The molecular formula is C12H14N6O. The molecule has 0 saturated carbocycles. The van der Waals surface area contributed by atoms with Gasteiger partial charge in [-0.3, -0.25) is 15.6 Å². The Balaban J connectivity index is 2.98. The summed E-state index contributed by atoms with van der Waals surface area (Å²) in [5, 5.41) is 22.2. The fraction of sp³-hybridized carbons (Fsp3) is 0.167. The zero-order chi connectivity index (χ0) is 14.4. The predicted molar refractivity (Wildman–Crippen MR) is 74.1 cm³/mol. The summed E-state index contributed by atoms with van der Waals surface area (Å²) in [5.74, 6) is -0.592. The molecule has 7 heteroatoms. The Morgan fingerprint density at radius 1 is 1.53 bits per heavy atom. The first-order chi connectivity index (χ1) is 8.93. The standard InChI is InChI=1S/C12H14N6O/c1-7-3-4-9(16-8(2)19)5-10(7)17-18-11(6-13)12(14)15/h3-5,17H,1-2H3,(H3,14,15)(H,16,19)/b18-11+. The molecule has 1 rings (SSSR count). The largest absolute Gasteiger partial charge is 0.382 e. The van der Waals surface area contributed by atoms with Crippen LogP contribution in [0.2, 0.25) is 0 Å². The smallest absolute Gasteiger partial charge is 0.221 e. The number of hydrogen-bond donors (Lipinski definition) is 4. The fourth-order valence-corrected chi connectivity index (χ4v) is 1.29. The van der Waals surface area contributed by atoms with E-state index in [1.54, 1.807) is 24.3 Å². The van der Waals surface area contributed by atoms with Crippen molar-refractivity contribution in [2.75, 3.05) is 10.7 Å². The van der Waals surface area contributed by atoms with Gasteiger partial charge >= 0.3 is 0 Å². The van der Waals surface area contributed by atoms with Crippen molar-refractivity contribution in [1.82, 2.24) is 0 Å². The van der Waals surface area contributed by atoms with E-state index in [1.807, 2.05) is 6.92 Å². The highest BCUT2D eigenvalue weighted by Gasteiger charge is 2.04. The van der Waals surface area contributed by atoms with Gasteiger partial charge in [-0.1, -0.05) is 6.07 Å². The minimum Gasteiger partial charge on any atom is -0.382 e. The number of benzene rings is 1. The Labute approximate surface area is 110 Å². The van der Waals surface area contributed by atoms with Crippen LogP contribution in [0.3, 0.4) is 0 Å². The van der Waals surface area contributed by atoms with Crippen LogP contribution in [-0.2, 0) is 4.79 Å². The molecule has 1 aromatic rings. The number of nitriles is 1. The summed E-state index contributed by atoms with van der Waals surface area (Å²) in [4.78, 5) is 11.0. The average molecular weight is 258 g/mol. The van der Waals surface area contributed by atoms with Gasteiger partial charge in [0, 0.05) is 12.6 Å². The lowest BCUT2D eigenvalue weighted by atomic mass is 10.2. The van der Waals surface area contributed by atoms with Crippen LogP contribution in [0.25, 0.3) is 0 Å². The molecule has 0 spiro atoms. The molecule has 0 aliphatic rings. The van der Waals surface area contributed by atoms with E-state index < -0.39 is 5.84 Å². The first-order valence-corrected chi connectivity index (χ1v) is 5.40. The van der Waals surface area contributed by atoms with Crippen LogP contribution in [0.5, 0.6) is 0 Å². The molecule has 0 fully saturated rings. The number of rotatable bonds is 4. The molecule has 5 N–H and O–H groups in total. The third-order valence-electron chi connectivity index (χ3n) is 2.21. The van der Waals surface area contributed by atoms with Gasteiger partial charge in [0.1, 0.15) is 6.07 Å². The van der Waals surface area contributed by atoms with Crippen LogP contribution in [0, 0.1) is 23.7 Å². The normalized spacial score (nSPS) is 10.5. The van der Waals surface area contributed by atoms with Gasteiger partial charge in [0.05, 0.1) is 5.69 Å². The zero-order valence-corrected chi connectivity index (χ0v) is 10.6. The van der Waals surface area contributed by atoms with Crippen LogP contribution in [-0.4, -0.2) is 17.5 Å². The maximum absolute atomic E-state index is 11.0. The number of nitrogens with one attached hydrogen (secondary N) is 3. The molecule has 0 radical (unpaired) electrons. The summed E-state index contributed by atoms with van der Waals surface area (Å²) < 4.78 is 0. The molecular weight excluding hydrogens is 244 g/mol. The van der Waals surface area contributed by atoms with Gasteiger partial charge in [-0.05, 0) is 24.6 Å². The number of hydrazone groups is 1. The van der Waals surface area contributed by atoms with Gasteiger partial charge in [0.2, 0.25) is 11.6 Å². The number of carbonyl (C=O) groups excluding carboxylic acids is 1. The molecule has 98 valence electrons. The second-order valence-electron chi connectivity index (χ2n) is 3.81. The average Bonchev–Trinajstić information content (AvgIpc) is 2.32. The van der Waals surface area contributed by atoms with Crippen LogP contribution < -0.4 is 16.5 Å². The monoisotopic (exact) mass is 258 g/mol. The van der Waals surface area contributed by atoms with Crippen molar-refractivity contribution in [3.63, 3.8) is 0 Å². The number of carbonyl (C=O) groups is 1. The molecule has 0 aliphatic heterocycles. The van der Waals surface area contributed by atoms with Crippen molar-refractivity contribution >= 4 is 28.8 Å². The van der Waals surface area contributed by atoms with E-state index in [0.717, 1.165) is 5.56 Å². The van der Waals surface area contributed by atoms with Gasteiger partial charge in [-0.15, -0.1) is 0 Å². The van der Waals surface area contributed by atoms with Crippen molar-refractivity contribution in [1.29, 1.82) is 10.7 Å². The van der Waals surface area contributed by atoms with Gasteiger partial charge in [-0.2, -0.15) is 10.4 Å². The molecule has 0 aliphatic carbocycles.